The Bertz CT molecular complexity index is 586. The first-order chi connectivity index (χ1) is 9.97. The van der Waals surface area contributed by atoms with Gasteiger partial charge in [-0.2, -0.15) is 0 Å². The molecule has 0 aliphatic carbocycles. The second-order valence-electron chi connectivity index (χ2n) is 5.69. The largest absolute Gasteiger partial charge is 0.378 e. The van der Waals surface area contributed by atoms with Crippen molar-refractivity contribution < 1.29 is 14.3 Å². The SMILES string of the molecule is Cc1nc(C)c(C(=O)N2C[C@@H]3COC[C@H](C2)N(C)C3=O)s1. The van der Waals surface area contributed by atoms with E-state index in [1.807, 2.05) is 13.8 Å². The van der Waals surface area contributed by atoms with E-state index in [0.717, 1.165) is 10.7 Å². The molecule has 7 heteroatoms. The third-order valence-corrected chi connectivity index (χ3v) is 5.19. The number of aromatic nitrogens is 1. The number of hydrogen-bond donors (Lipinski definition) is 0. The van der Waals surface area contributed by atoms with E-state index in [1.54, 1.807) is 16.8 Å². The van der Waals surface area contributed by atoms with Crippen LogP contribution in [0, 0.1) is 19.8 Å². The number of thiazole rings is 1. The maximum atomic E-state index is 12.8. The zero-order valence-corrected chi connectivity index (χ0v) is 13.3. The van der Waals surface area contributed by atoms with E-state index in [4.69, 9.17) is 4.74 Å². The Hall–Kier alpha value is -1.47. The quantitative estimate of drug-likeness (QED) is 0.766. The molecule has 0 saturated carbocycles. The minimum atomic E-state index is -0.263. The van der Waals surface area contributed by atoms with E-state index in [-0.39, 0.29) is 23.8 Å². The molecule has 3 rings (SSSR count). The summed E-state index contributed by atoms with van der Waals surface area (Å²) in [6.45, 7) is 5.59. The van der Waals surface area contributed by atoms with E-state index in [9.17, 15) is 9.59 Å². The molecule has 0 spiro atoms. The molecule has 21 heavy (non-hydrogen) atoms. The van der Waals surface area contributed by atoms with Crippen LogP contribution >= 0.6 is 11.3 Å². The Morgan fingerprint density at radius 1 is 1.33 bits per heavy atom. The molecule has 1 aromatic rings. The van der Waals surface area contributed by atoms with Gasteiger partial charge in [-0.15, -0.1) is 11.3 Å². The summed E-state index contributed by atoms with van der Waals surface area (Å²) in [5.41, 5.74) is 0.771. The summed E-state index contributed by atoms with van der Waals surface area (Å²) in [4.78, 5) is 33.6. The highest BCUT2D eigenvalue weighted by atomic mass is 32.1. The first kappa shape index (κ1) is 14.5. The van der Waals surface area contributed by atoms with Crippen molar-refractivity contribution in [2.24, 2.45) is 5.92 Å². The molecule has 2 bridgehead atoms. The van der Waals surface area contributed by atoms with Gasteiger partial charge in [0.05, 0.1) is 35.9 Å². The number of aryl methyl sites for hydroxylation is 2. The van der Waals surface area contributed by atoms with Gasteiger partial charge in [0.25, 0.3) is 5.91 Å². The van der Waals surface area contributed by atoms with Crippen molar-refractivity contribution in [1.82, 2.24) is 14.8 Å². The zero-order chi connectivity index (χ0) is 15.1. The molecule has 2 atom stereocenters. The van der Waals surface area contributed by atoms with E-state index in [2.05, 4.69) is 4.98 Å². The predicted molar refractivity (Wildman–Crippen MR) is 78.4 cm³/mol. The van der Waals surface area contributed by atoms with Crippen LogP contribution in [0.1, 0.15) is 20.4 Å². The third-order valence-electron chi connectivity index (χ3n) is 4.13. The predicted octanol–water partition coefficient (Wildman–Crippen LogP) is 0.689. The topological polar surface area (TPSA) is 62.7 Å². The number of rotatable bonds is 1. The van der Waals surface area contributed by atoms with Gasteiger partial charge < -0.3 is 14.5 Å². The van der Waals surface area contributed by atoms with Gasteiger partial charge in [-0.25, -0.2) is 4.98 Å². The second-order valence-corrected chi connectivity index (χ2v) is 6.90. The van der Waals surface area contributed by atoms with Crippen LogP contribution in [-0.4, -0.2) is 66.0 Å². The number of carbonyl (C=O) groups excluding carboxylic acids is 2. The average molecular weight is 309 g/mol. The standard InChI is InChI=1S/C14H19N3O3S/c1-8-12(21-9(2)15-8)14(19)17-4-10-6-20-7-11(5-17)16(3)13(10)18/h10-11H,4-7H2,1-3H3/t10-,11+/m1/s1. The summed E-state index contributed by atoms with van der Waals surface area (Å²) in [5.74, 6) is -0.205. The molecule has 2 amide bonds. The Morgan fingerprint density at radius 2 is 2.10 bits per heavy atom. The smallest absolute Gasteiger partial charge is 0.265 e. The van der Waals surface area contributed by atoms with E-state index in [1.165, 1.54) is 11.3 Å². The molecule has 3 heterocycles. The van der Waals surface area contributed by atoms with Crippen LogP contribution in [0.5, 0.6) is 0 Å². The van der Waals surface area contributed by atoms with Crippen molar-refractivity contribution in [3.8, 4) is 0 Å². The lowest BCUT2D eigenvalue weighted by molar-refractivity contribution is -0.133. The molecular formula is C14H19N3O3S. The average Bonchev–Trinajstić information content (AvgIpc) is 2.63. The number of nitrogens with zero attached hydrogens (tertiary/aromatic N) is 3. The Kier molecular flexibility index (Phi) is 3.71. The van der Waals surface area contributed by atoms with Gasteiger partial charge in [-0.3, -0.25) is 9.59 Å². The minimum Gasteiger partial charge on any atom is -0.378 e. The first-order valence-electron chi connectivity index (χ1n) is 7.05. The molecule has 2 saturated heterocycles. The lowest BCUT2D eigenvalue weighted by atomic mass is 10.1. The van der Waals surface area contributed by atoms with Crippen molar-refractivity contribution in [3.63, 3.8) is 0 Å². The molecule has 114 valence electrons. The Labute approximate surface area is 127 Å². The van der Waals surface area contributed by atoms with Crippen LogP contribution in [0.2, 0.25) is 0 Å². The molecule has 1 aromatic heterocycles. The third kappa shape index (κ3) is 2.55. The lowest BCUT2D eigenvalue weighted by Crippen LogP contribution is -2.45. The van der Waals surface area contributed by atoms with Crippen LogP contribution in [0.3, 0.4) is 0 Å². The van der Waals surface area contributed by atoms with Crippen molar-refractivity contribution >= 4 is 23.2 Å². The zero-order valence-electron chi connectivity index (χ0n) is 12.5. The van der Waals surface area contributed by atoms with Gasteiger partial charge in [-0.1, -0.05) is 0 Å². The monoisotopic (exact) mass is 309 g/mol. The summed E-state index contributed by atoms with van der Waals surface area (Å²) >= 11 is 1.42. The van der Waals surface area contributed by atoms with Gasteiger partial charge >= 0.3 is 0 Å². The number of fused-ring (bicyclic) bond motifs is 3. The molecule has 0 radical (unpaired) electrons. The molecule has 2 aliphatic heterocycles. The number of amides is 2. The van der Waals surface area contributed by atoms with Crippen molar-refractivity contribution in [3.05, 3.63) is 15.6 Å². The number of ether oxygens (including phenoxy) is 1. The fraction of sp³-hybridized carbons (Fsp3) is 0.643. The van der Waals surface area contributed by atoms with Gasteiger partial charge in [0.2, 0.25) is 5.91 Å². The van der Waals surface area contributed by atoms with Gasteiger partial charge in [-0.05, 0) is 13.8 Å². The van der Waals surface area contributed by atoms with Crippen LogP contribution < -0.4 is 0 Å². The summed E-state index contributed by atoms with van der Waals surface area (Å²) in [5, 5.41) is 0.891. The van der Waals surface area contributed by atoms with Crippen LogP contribution in [0.15, 0.2) is 0 Å². The van der Waals surface area contributed by atoms with Gasteiger partial charge in [0.15, 0.2) is 0 Å². The highest BCUT2D eigenvalue weighted by Crippen LogP contribution is 2.24. The van der Waals surface area contributed by atoms with Crippen molar-refractivity contribution in [2.45, 2.75) is 19.9 Å². The normalized spacial score (nSPS) is 26.0. The second kappa shape index (κ2) is 5.38. The van der Waals surface area contributed by atoms with E-state index >= 15 is 0 Å². The number of hydrogen-bond acceptors (Lipinski definition) is 5. The van der Waals surface area contributed by atoms with Gasteiger partial charge in [0, 0.05) is 20.1 Å². The number of likely N-dealkylation sites (N-methyl/N-ethyl adjacent to an activating group) is 1. The molecule has 2 aliphatic rings. The Balaban J connectivity index is 1.88. The first-order valence-corrected chi connectivity index (χ1v) is 7.86. The summed E-state index contributed by atoms with van der Waals surface area (Å²) in [6, 6.07) is -0.0664. The maximum Gasteiger partial charge on any atom is 0.265 e. The highest BCUT2D eigenvalue weighted by Gasteiger charge is 2.39. The molecule has 6 nitrogen and oxygen atoms in total. The fourth-order valence-electron chi connectivity index (χ4n) is 2.94. The summed E-state index contributed by atoms with van der Waals surface area (Å²) < 4.78 is 5.55. The maximum absolute atomic E-state index is 12.8. The molecule has 0 aromatic carbocycles. The van der Waals surface area contributed by atoms with Crippen molar-refractivity contribution in [2.75, 3.05) is 33.4 Å². The lowest BCUT2D eigenvalue weighted by Gasteiger charge is -2.29. The van der Waals surface area contributed by atoms with Crippen LogP contribution in [0.25, 0.3) is 0 Å². The molecule has 2 fully saturated rings. The molecule has 0 unspecified atom stereocenters. The fourth-order valence-corrected chi connectivity index (χ4v) is 3.83. The molecular weight excluding hydrogens is 290 g/mol. The van der Waals surface area contributed by atoms with Crippen LogP contribution in [0.4, 0.5) is 0 Å². The Morgan fingerprint density at radius 3 is 2.76 bits per heavy atom. The minimum absolute atomic E-state index is 0.0156. The summed E-state index contributed by atoms with van der Waals surface area (Å²) in [7, 11) is 1.80. The summed E-state index contributed by atoms with van der Waals surface area (Å²) in [6.07, 6.45) is 0. The van der Waals surface area contributed by atoms with Crippen LogP contribution in [-0.2, 0) is 9.53 Å². The van der Waals surface area contributed by atoms with E-state index < -0.39 is 0 Å². The highest BCUT2D eigenvalue weighted by molar-refractivity contribution is 7.13. The van der Waals surface area contributed by atoms with E-state index in [0.29, 0.717) is 31.2 Å². The molecule has 0 N–H and O–H groups in total. The number of carbonyl (C=O) groups is 2. The van der Waals surface area contributed by atoms with Crippen molar-refractivity contribution in [1.29, 1.82) is 0 Å². The van der Waals surface area contributed by atoms with Gasteiger partial charge in [0.1, 0.15) is 4.88 Å².